The van der Waals surface area contributed by atoms with Crippen molar-refractivity contribution in [2.45, 2.75) is 0 Å². The number of fused-ring (bicyclic) bond motifs is 1. The molecule has 2 aromatic carbocycles. The van der Waals surface area contributed by atoms with Crippen molar-refractivity contribution < 1.29 is 4.79 Å². The molecule has 0 fully saturated rings. The van der Waals surface area contributed by atoms with Crippen molar-refractivity contribution >= 4 is 38.6 Å². The van der Waals surface area contributed by atoms with Crippen molar-refractivity contribution in [3.8, 4) is 0 Å². The highest BCUT2D eigenvalue weighted by Gasteiger charge is 2.08. The van der Waals surface area contributed by atoms with Crippen LogP contribution in [0.15, 0.2) is 56.5 Å². The van der Waals surface area contributed by atoms with Crippen LogP contribution < -0.4 is 16.4 Å². The van der Waals surface area contributed by atoms with Crippen molar-refractivity contribution in [3.63, 3.8) is 0 Å². The second-order valence-electron chi connectivity index (χ2n) is 4.63. The summed E-state index contributed by atoms with van der Waals surface area (Å²) in [5.41, 5.74) is 0.414. The zero-order chi connectivity index (χ0) is 15.7. The molecule has 0 unspecified atom stereocenters. The lowest BCUT2D eigenvalue weighted by Gasteiger charge is -2.06. The fourth-order valence-electron chi connectivity index (χ4n) is 1.99. The SMILES string of the molecule is O=C(Nc1ccc(Br)cc1)c1ccc2[nH]c(=O)c(=O)[nH]c2c1. The summed E-state index contributed by atoms with van der Waals surface area (Å²) in [6, 6.07) is 11.8. The van der Waals surface area contributed by atoms with Gasteiger partial charge in [0, 0.05) is 15.7 Å². The monoisotopic (exact) mass is 359 g/mol. The van der Waals surface area contributed by atoms with Crippen LogP contribution in [0.4, 0.5) is 5.69 Å². The molecule has 0 atom stereocenters. The van der Waals surface area contributed by atoms with Gasteiger partial charge in [0.25, 0.3) is 5.91 Å². The van der Waals surface area contributed by atoms with E-state index in [9.17, 15) is 14.4 Å². The lowest BCUT2D eigenvalue weighted by atomic mass is 10.1. The second-order valence-corrected chi connectivity index (χ2v) is 5.55. The second kappa shape index (κ2) is 5.61. The first-order valence-corrected chi connectivity index (χ1v) is 7.15. The van der Waals surface area contributed by atoms with Gasteiger partial charge in [-0.2, -0.15) is 0 Å². The van der Waals surface area contributed by atoms with Crippen molar-refractivity contribution in [2.75, 3.05) is 5.32 Å². The van der Waals surface area contributed by atoms with E-state index in [1.54, 1.807) is 24.3 Å². The third-order valence-corrected chi connectivity index (χ3v) is 3.62. The first kappa shape index (κ1) is 14.3. The van der Waals surface area contributed by atoms with Gasteiger partial charge in [-0.15, -0.1) is 0 Å². The van der Waals surface area contributed by atoms with Gasteiger partial charge in [0.15, 0.2) is 0 Å². The number of rotatable bonds is 2. The largest absolute Gasteiger partial charge is 0.322 e. The number of nitrogens with one attached hydrogen (secondary N) is 3. The van der Waals surface area contributed by atoms with E-state index in [4.69, 9.17) is 0 Å². The van der Waals surface area contributed by atoms with Gasteiger partial charge in [-0.3, -0.25) is 14.4 Å². The molecule has 0 spiro atoms. The average molecular weight is 360 g/mol. The minimum atomic E-state index is -0.752. The molecule has 7 heteroatoms. The number of halogens is 1. The van der Waals surface area contributed by atoms with Crippen LogP contribution in [-0.2, 0) is 0 Å². The normalized spacial score (nSPS) is 10.6. The minimum absolute atomic E-state index is 0.309. The molecule has 1 amide bonds. The smallest absolute Gasteiger partial charge is 0.314 e. The summed E-state index contributed by atoms with van der Waals surface area (Å²) in [6.07, 6.45) is 0. The molecule has 1 aromatic heterocycles. The van der Waals surface area contributed by atoms with E-state index in [0.717, 1.165) is 4.47 Å². The molecule has 0 saturated heterocycles. The first-order valence-electron chi connectivity index (χ1n) is 6.36. The third kappa shape index (κ3) is 2.84. The Bertz CT molecular complexity index is 974. The number of hydrogen-bond donors (Lipinski definition) is 3. The summed E-state index contributed by atoms with van der Waals surface area (Å²) >= 11 is 3.32. The number of anilines is 1. The summed E-state index contributed by atoms with van der Waals surface area (Å²) < 4.78 is 0.915. The summed E-state index contributed by atoms with van der Waals surface area (Å²) in [5.74, 6) is -0.309. The van der Waals surface area contributed by atoms with Crippen molar-refractivity contribution in [2.24, 2.45) is 0 Å². The number of aromatic nitrogens is 2. The zero-order valence-electron chi connectivity index (χ0n) is 11.1. The molecule has 0 aliphatic heterocycles. The number of benzene rings is 2. The van der Waals surface area contributed by atoms with Crippen LogP contribution in [0.2, 0.25) is 0 Å². The lowest BCUT2D eigenvalue weighted by molar-refractivity contribution is 0.102. The molecule has 3 aromatic rings. The average Bonchev–Trinajstić information content (AvgIpc) is 2.50. The molecule has 0 radical (unpaired) electrons. The Labute approximate surface area is 132 Å². The van der Waals surface area contributed by atoms with Crippen molar-refractivity contribution in [3.05, 3.63) is 73.2 Å². The van der Waals surface area contributed by atoms with E-state index < -0.39 is 11.1 Å². The Kier molecular flexibility index (Phi) is 3.64. The number of carbonyl (C=O) groups excluding carboxylic acids is 1. The van der Waals surface area contributed by atoms with Gasteiger partial charge in [-0.25, -0.2) is 0 Å². The summed E-state index contributed by atoms with van der Waals surface area (Å²) in [4.78, 5) is 39.7. The maximum Gasteiger partial charge on any atom is 0.314 e. The van der Waals surface area contributed by atoms with E-state index >= 15 is 0 Å². The van der Waals surface area contributed by atoms with Crippen LogP contribution in [0.25, 0.3) is 11.0 Å². The fourth-order valence-corrected chi connectivity index (χ4v) is 2.26. The first-order chi connectivity index (χ1) is 10.5. The molecular weight excluding hydrogens is 350 g/mol. The third-order valence-electron chi connectivity index (χ3n) is 3.09. The van der Waals surface area contributed by atoms with Crippen LogP contribution in [0, 0.1) is 0 Å². The molecule has 22 heavy (non-hydrogen) atoms. The quantitative estimate of drug-likeness (QED) is 0.612. The molecule has 3 rings (SSSR count). The standard InChI is InChI=1S/C15H10BrN3O3/c16-9-2-4-10(5-3-9)17-13(20)8-1-6-11-12(7-8)19-15(22)14(21)18-11/h1-7H,(H,17,20)(H,18,21)(H,19,22). The van der Waals surface area contributed by atoms with Crippen LogP contribution >= 0.6 is 15.9 Å². The minimum Gasteiger partial charge on any atom is -0.322 e. The van der Waals surface area contributed by atoms with Crippen LogP contribution in [0.5, 0.6) is 0 Å². The number of hydrogen-bond acceptors (Lipinski definition) is 3. The fraction of sp³-hybridized carbons (Fsp3) is 0. The Balaban J connectivity index is 1.94. The van der Waals surface area contributed by atoms with Crippen LogP contribution in [-0.4, -0.2) is 15.9 Å². The molecular formula is C15H10BrN3O3. The molecule has 3 N–H and O–H groups in total. The number of amides is 1. The maximum absolute atomic E-state index is 12.2. The molecule has 1 heterocycles. The molecule has 110 valence electrons. The molecule has 0 bridgehead atoms. The van der Waals surface area contributed by atoms with Gasteiger partial charge in [-0.05, 0) is 42.5 Å². The predicted octanol–water partition coefficient (Wildman–Crippen LogP) is 2.23. The molecule has 0 aliphatic carbocycles. The maximum atomic E-state index is 12.2. The van der Waals surface area contributed by atoms with E-state index in [1.165, 1.54) is 6.07 Å². The Morgan fingerprint density at radius 2 is 1.55 bits per heavy atom. The summed E-state index contributed by atoms with van der Waals surface area (Å²) in [7, 11) is 0. The van der Waals surface area contributed by atoms with Gasteiger partial charge in [0.2, 0.25) is 0 Å². The predicted molar refractivity (Wildman–Crippen MR) is 87.3 cm³/mol. The van der Waals surface area contributed by atoms with Crippen molar-refractivity contribution in [1.29, 1.82) is 0 Å². The highest BCUT2D eigenvalue weighted by atomic mass is 79.9. The van der Waals surface area contributed by atoms with Crippen LogP contribution in [0.1, 0.15) is 10.4 Å². The van der Waals surface area contributed by atoms with Gasteiger partial charge >= 0.3 is 11.1 Å². The van der Waals surface area contributed by atoms with Gasteiger partial charge < -0.3 is 15.3 Å². The van der Waals surface area contributed by atoms with Crippen molar-refractivity contribution in [1.82, 2.24) is 9.97 Å². The molecule has 0 saturated carbocycles. The summed E-state index contributed by atoms with van der Waals surface area (Å²) in [5, 5.41) is 2.75. The highest BCUT2D eigenvalue weighted by molar-refractivity contribution is 9.10. The molecule has 6 nitrogen and oxygen atoms in total. The van der Waals surface area contributed by atoms with Gasteiger partial charge in [0.1, 0.15) is 0 Å². The zero-order valence-corrected chi connectivity index (χ0v) is 12.7. The van der Waals surface area contributed by atoms with E-state index in [0.29, 0.717) is 22.3 Å². The number of aromatic amines is 2. The molecule has 0 aliphatic rings. The van der Waals surface area contributed by atoms with E-state index in [-0.39, 0.29) is 5.91 Å². The van der Waals surface area contributed by atoms with E-state index in [2.05, 4.69) is 31.2 Å². The Morgan fingerprint density at radius 3 is 2.23 bits per heavy atom. The number of H-pyrrole nitrogens is 2. The summed E-state index contributed by atoms with van der Waals surface area (Å²) in [6.45, 7) is 0. The Morgan fingerprint density at radius 1 is 0.909 bits per heavy atom. The van der Waals surface area contributed by atoms with Gasteiger partial charge in [-0.1, -0.05) is 15.9 Å². The number of carbonyl (C=O) groups is 1. The Hall–Kier alpha value is -2.67. The highest BCUT2D eigenvalue weighted by Crippen LogP contribution is 2.16. The lowest BCUT2D eigenvalue weighted by Crippen LogP contribution is -2.29. The van der Waals surface area contributed by atoms with Crippen LogP contribution in [0.3, 0.4) is 0 Å². The van der Waals surface area contributed by atoms with Gasteiger partial charge in [0.05, 0.1) is 11.0 Å². The van der Waals surface area contributed by atoms with E-state index in [1.807, 2.05) is 12.1 Å². The topological polar surface area (TPSA) is 94.8 Å².